The van der Waals surface area contributed by atoms with Crippen LogP contribution in [0.5, 0.6) is 0 Å². The van der Waals surface area contributed by atoms with Gasteiger partial charge in [0.1, 0.15) is 0 Å². The van der Waals surface area contributed by atoms with Gasteiger partial charge in [-0.3, -0.25) is 4.99 Å². The first-order valence-corrected chi connectivity index (χ1v) is 9.22. The van der Waals surface area contributed by atoms with E-state index in [0.717, 1.165) is 38.7 Å². The van der Waals surface area contributed by atoms with Gasteiger partial charge < -0.3 is 15.0 Å². The second kappa shape index (κ2) is 9.67. The minimum absolute atomic E-state index is 0.456. The third-order valence-electron chi connectivity index (χ3n) is 4.79. The molecule has 1 saturated heterocycles. The number of aliphatic imine (C=N–C) groups is 1. The molecule has 0 bridgehead atoms. The van der Waals surface area contributed by atoms with E-state index in [1.807, 2.05) is 0 Å². The highest BCUT2D eigenvalue weighted by Gasteiger charge is 2.25. The average molecular weight is 332 g/mol. The number of guanidine groups is 1. The van der Waals surface area contributed by atoms with Crippen LogP contribution in [0.4, 0.5) is 0 Å². The molecule has 1 heterocycles. The van der Waals surface area contributed by atoms with Gasteiger partial charge >= 0.3 is 0 Å². The molecular weight excluding hydrogens is 298 g/mol. The average Bonchev–Trinajstić information content (AvgIpc) is 3.03. The van der Waals surface area contributed by atoms with Gasteiger partial charge in [0, 0.05) is 45.1 Å². The molecule has 24 heavy (non-hydrogen) atoms. The molecule has 1 aromatic rings. The zero-order valence-corrected chi connectivity index (χ0v) is 15.7. The van der Waals surface area contributed by atoms with E-state index in [2.05, 4.69) is 61.3 Å². The molecular formula is C20H33N3O. The quantitative estimate of drug-likeness (QED) is 0.615. The van der Waals surface area contributed by atoms with Crippen LogP contribution < -0.4 is 5.32 Å². The van der Waals surface area contributed by atoms with Crippen LogP contribution >= 0.6 is 0 Å². The smallest absolute Gasteiger partial charge is 0.193 e. The number of hydrogen-bond donors (Lipinski definition) is 1. The molecule has 134 valence electrons. The summed E-state index contributed by atoms with van der Waals surface area (Å²) in [5.74, 6) is 2.70. The first-order valence-electron chi connectivity index (χ1n) is 9.22. The third kappa shape index (κ3) is 5.23. The molecule has 0 spiro atoms. The summed E-state index contributed by atoms with van der Waals surface area (Å²) in [6.45, 7) is 11.4. The van der Waals surface area contributed by atoms with Gasteiger partial charge in [0.05, 0.1) is 6.61 Å². The topological polar surface area (TPSA) is 36.9 Å². The molecule has 1 aromatic carbocycles. The highest BCUT2D eigenvalue weighted by Crippen LogP contribution is 2.25. The van der Waals surface area contributed by atoms with Gasteiger partial charge in [-0.05, 0) is 24.8 Å². The van der Waals surface area contributed by atoms with Gasteiger partial charge in [-0.15, -0.1) is 0 Å². The zero-order valence-electron chi connectivity index (χ0n) is 15.7. The van der Waals surface area contributed by atoms with E-state index in [4.69, 9.17) is 9.73 Å². The SMILES string of the molecule is CCNC(=NCC(c1ccccc1)C(C)C)N1CCC(COC)C1. The fourth-order valence-electron chi connectivity index (χ4n) is 3.41. The van der Waals surface area contributed by atoms with Gasteiger partial charge in [-0.1, -0.05) is 44.2 Å². The van der Waals surface area contributed by atoms with Crippen molar-refractivity contribution in [3.05, 3.63) is 35.9 Å². The molecule has 0 radical (unpaired) electrons. The van der Waals surface area contributed by atoms with Gasteiger partial charge in [-0.2, -0.15) is 0 Å². The predicted octanol–water partition coefficient (Wildman–Crippen LogP) is 3.36. The maximum Gasteiger partial charge on any atom is 0.193 e. The lowest BCUT2D eigenvalue weighted by molar-refractivity contribution is 0.157. The van der Waals surface area contributed by atoms with E-state index >= 15 is 0 Å². The molecule has 0 saturated carbocycles. The fraction of sp³-hybridized carbons (Fsp3) is 0.650. The van der Waals surface area contributed by atoms with Crippen molar-refractivity contribution in [3.8, 4) is 0 Å². The van der Waals surface area contributed by atoms with Crippen LogP contribution in [-0.4, -0.2) is 50.8 Å². The Labute approximate surface area is 147 Å². The second-order valence-electron chi connectivity index (χ2n) is 7.01. The number of nitrogens with zero attached hydrogens (tertiary/aromatic N) is 2. The maximum atomic E-state index is 5.31. The Morgan fingerprint density at radius 1 is 1.33 bits per heavy atom. The normalized spacial score (nSPS) is 19.8. The fourth-order valence-corrected chi connectivity index (χ4v) is 3.41. The molecule has 4 heteroatoms. The third-order valence-corrected chi connectivity index (χ3v) is 4.79. The molecule has 1 aliphatic heterocycles. The molecule has 0 aliphatic carbocycles. The minimum atomic E-state index is 0.456. The van der Waals surface area contributed by atoms with E-state index in [0.29, 0.717) is 17.8 Å². The Bertz CT molecular complexity index is 501. The van der Waals surface area contributed by atoms with Gasteiger partial charge in [0.2, 0.25) is 0 Å². The van der Waals surface area contributed by atoms with Gasteiger partial charge in [0.25, 0.3) is 0 Å². The van der Waals surface area contributed by atoms with Crippen molar-refractivity contribution in [3.63, 3.8) is 0 Å². The van der Waals surface area contributed by atoms with E-state index in [1.54, 1.807) is 7.11 Å². The van der Waals surface area contributed by atoms with E-state index in [-0.39, 0.29) is 0 Å². The molecule has 2 rings (SSSR count). The second-order valence-corrected chi connectivity index (χ2v) is 7.01. The molecule has 2 atom stereocenters. The van der Waals surface area contributed by atoms with Crippen molar-refractivity contribution in [2.45, 2.75) is 33.1 Å². The summed E-state index contributed by atoms with van der Waals surface area (Å²) in [7, 11) is 1.79. The van der Waals surface area contributed by atoms with E-state index < -0.39 is 0 Å². The van der Waals surface area contributed by atoms with Crippen LogP contribution in [-0.2, 0) is 4.74 Å². The van der Waals surface area contributed by atoms with E-state index in [9.17, 15) is 0 Å². The van der Waals surface area contributed by atoms with E-state index in [1.165, 1.54) is 12.0 Å². The number of methoxy groups -OCH3 is 1. The maximum absolute atomic E-state index is 5.31. The Balaban J connectivity index is 2.06. The number of ether oxygens (including phenoxy) is 1. The van der Waals surface area contributed by atoms with Gasteiger partial charge in [-0.25, -0.2) is 0 Å². The summed E-state index contributed by atoms with van der Waals surface area (Å²) in [6, 6.07) is 10.8. The number of likely N-dealkylation sites (tertiary alicyclic amines) is 1. The lowest BCUT2D eigenvalue weighted by atomic mass is 9.88. The summed E-state index contributed by atoms with van der Waals surface area (Å²) in [6.07, 6.45) is 1.19. The molecule has 0 aromatic heterocycles. The van der Waals surface area contributed by atoms with Crippen LogP contribution in [0.2, 0.25) is 0 Å². The summed E-state index contributed by atoms with van der Waals surface area (Å²) in [5.41, 5.74) is 1.38. The van der Waals surface area contributed by atoms with Crippen molar-refractivity contribution in [2.75, 3.05) is 39.9 Å². The molecule has 2 unspecified atom stereocenters. The molecule has 1 aliphatic rings. The van der Waals surface area contributed by atoms with Crippen LogP contribution in [0.25, 0.3) is 0 Å². The van der Waals surface area contributed by atoms with Crippen LogP contribution in [0.15, 0.2) is 35.3 Å². The summed E-state index contributed by atoms with van der Waals surface area (Å²) < 4.78 is 5.31. The van der Waals surface area contributed by atoms with Crippen molar-refractivity contribution in [1.29, 1.82) is 0 Å². The monoisotopic (exact) mass is 331 g/mol. The number of nitrogens with one attached hydrogen (secondary N) is 1. The molecule has 1 N–H and O–H groups in total. The highest BCUT2D eigenvalue weighted by molar-refractivity contribution is 5.80. The highest BCUT2D eigenvalue weighted by atomic mass is 16.5. The van der Waals surface area contributed by atoms with Gasteiger partial charge in [0.15, 0.2) is 5.96 Å². The summed E-state index contributed by atoms with van der Waals surface area (Å²) >= 11 is 0. The lowest BCUT2D eigenvalue weighted by Crippen LogP contribution is -2.40. The lowest BCUT2D eigenvalue weighted by Gasteiger charge is -2.24. The Morgan fingerprint density at radius 3 is 2.71 bits per heavy atom. The molecule has 1 fully saturated rings. The predicted molar refractivity (Wildman–Crippen MR) is 102 cm³/mol. The van der Waals surface area contributed by atoms with Crippen LogP contribution in [0, 0.1) is 11.8 Å². The minimum Gasteiger partial charge on any atom is -0.384 e. The zero-order chi connectivity index (χ0) is 17.4. The first-order chi connectivity index (χ1) is 11.7. The van der Waals surface area contributed by atoms with Crippen molar-refractivity contribution in [2.24, 2.45) is 16.8 Å². The van der Waals surface area contributed by atoms with Crippen LogP contribution in [0.3, 0.4) is 0 Å². The first kappa shape index (κ1) is 18.8. The summed E-state index contributed by atoms with van der Waals surface area (Å²) in [4.78, 5) is 7.36. The number of rotatable bonds is 7. The Morgan fingerprint density at radius 2 is 2.08 bits per heavy atom. The largest absolute Gasteiger partial charge is 0.384 e. The number of hydrogen-bond acceptors (Lipinski definition) is 2. The van der Waals surface area contributed by atoms with Crippen molar-refractivity contribution in [1.82, 2.24) is 10.2 Å². The Kier molecular flexibility index (Phi) is 7.57. The van der Waals surface area contributed by atoms with Crippen molar-refractivity contribution >= 4 is 5.96 Å². The van der Waals surface area contributed by atoms with Crippen LogP contribution in [0.1, 0.15) is 38.7 Å². The summed E-state index contributed by atoms with van der Waals surface area (Å²) in [5, 5.41) is 3.47. The Hall–Kier alpha value is -1.55. The molecule has 4 nitrogen and oxygen atoms in total. The number of benzene rings is 1. The van der Waals surface area contributed by atoms with Crippen molar-refractivity contribution < 1.29 is 4.74 Å². The standard InChI is InChI=1S/C20H33N3O/c1-5-21-20(23-12-11-17(14-23)15-24-4)22-13-19(16(2)3)18-9-7-6-8-10-18/h6-10,16-17,19H,5,11-15H2,1-4H3,(H,21,22). The molecule has 0 amide bonds.